The minimum Gasteiger partial charge on any atom is -0.495 e. The number of carbonyl (C=O) groups is 1. The van der Waals surface area contributed by atoms with Gasteiger partial charge in [0.05, 0.1) is 25.3 Å². The van der Waals surface area contributed by atoms with Gasteiger partial charge in [0.2, 0.25) is 0 Å². The Balaban J connectivity index is 2.05. The molecular weight excluding hydrogens is 290 g/mol. The van der Waals surface area contributed by atoms with Crippen LogP contribution in [0, 0.1) is 0 Å². The first-order valence-corrected chi connectivity index (χ1v) is 7.75. The zero-order chi connectivity index (χ0) is 15.2. The van der Waals surface area contributed by atoms with Crippen LogP contribution in [-0.4, -0.2) is 48.6 Å². The second-order valence-corrected chi connectivity index (χ2v) is 5.81. The summed E-state index contributed by atoms with van der Waals surface area (Å²) in [6.45, 7) is 0.946. The minimum absolute atomic E-state index is 0.0277. The molecular formula is C16H22ClNO3. The van der Waals surface area contributed by atoms with E-state index in [-0.39, 0.29) is 12.4 Å². The highest BCUT2D eigenvalue weighted by atomic mass is 35.5. The zero-order valence-electron chi connectivity index (χ0n) is 12.3. The molecule has 1 aliphatic rings. The average Bonchev–Trinajstić information content (AvgIpc) is 3.00. The van der Waals surface area contributed by atoms with Crippen LogP contribution in [0.2, 0.25) is 5.02 Å². The first kappa shape index (κ1) is 16.3. The fourth-order valence-corrected chi connectivity index (χ4v) is 3.16. The van der Waals surface area contributed by atoms with Crippen molar-refractivity contribution in [3.63, 3.8) is 0 Å². The Morgan fingerprint density at radius 2 is 2.14 bits per heavy atom. The molecule has 0 unspecified atom stereocenters. The summed E-state index contributed by atoms with van der Waals surface area (Å²) in [5, 5.41) is 9.64. The van der Waals surface area contributed by atoms with E-state index in [0.29, 0.717) is 35.5 Å². The molecule has 116 valence electrons. The van der Waals surface area contributed by atoms with Gasteiger partial charge in [0.15, 0.2) is 5.78 Å². The summed E-state index contributed by atoms with van der Waals surface area (Å²) in [6.07, 6.45) is 4.62. The number of aliphatic hydroxyl groups excluding tert-OH is 1. The summed E-state index contributed by atoms with van der Waals surface area (Å²) >= 11 is 6.07. The molecule has 0 aliphatic heterocycles. The molecule has 1 saturated carbocycles. The number of carbonyl (C=O) groups excluding carboxylic acids is 1. The molecule has 1 fully saturated rings. The molecule has 0 radical (unpaired) electrons. The molecule has 2 rings (SSSR count). The summed E-state index contributed by atoms with van der Waals surface area (Å²) in [6, 6.07) is 5.50. The van der Waals surface area contributed by atoms with Crippen molar-refractivity contribution in [3.8, 4) is 5.75 Å². The molecule has 0 heterocycles. The lowest BCUT2D eigenvalue weighted by Crippen LogP contribution is -2.39. The number of nitrogens with zero attached hydrogens (tertiary/aromatic N) is 1. The molecule has 5 heteroatoms. The van der Waals surface area contributed by atoms with Gasteiger partial charge in [-0.15, -0.1) is 0 Å². The fourth-order valence-electron chi connectivity index (χ4n) is 2.90. The molecule has 0 atom stereocenters. The third kappa shape index (κ3) is 4.19. The van der Waals surface area contributed by atoms with Crippen LogP contribution >= 0.6 is 11.6 Å². The van der Waals surface area contributed by atoms with Gasteiger partial charge in [-0.05, 0) is 31.0 Å². The van der Waals surface area contributed by atoms with Crippen LogP contribution in [0.3, 0.4) is 0 Å². The Labute approximate surface area is 130 Å². The summed E-state index contributed by atoms with van der Waals surface area (Å²) < 4.78 is 5.09. The molecule has 0 amide bonds. The molecule has 0 spiro atoms. The Morgan fingerprint density at radius 3 is 2.71 bits per heavy atom. The van der Waals surface area contributed by atoms with Crippen molar-refractivity contribution in [2.45, 2.75) is 31.7 Å². The van der Waals surface area contributed by atoms with Crippen molar-refractivity contribution in [2.75, 3.05) is 26.8 Å². The van der Waals surface area contributed by atoms with Crippen molar-refractivity contribution in [2.24, 2.45) is 0 Å². The number of aliphatic hydroxyl groups is 1. The van der Waals surface area contributed by atoms with Crippen LogP contribution in [-0.2, 0) is 0 Å². The maximum Gasteiger partial charge on any atom is 0.176 e. The number of Topliss-reactive ketones (excluding diaryl/α,β-unsaturated/α-hetero) is 1. The molecule has 1 aliphatic carbocycles. The number of benzene rings is 1. The van der Waals surface area contributed by atoms with E-state index < -0.39 is 0 Å². The Morgan fingerprint density at radius 1 is 1.43 bits per heavy atom. The molecule has 21 heavy (non-hydrogen) atoms. The van der Waals surface area contributed by atoms with E-state index in [2.05, 4.69) is 4.90 Å². The Hall–Kier alpha value is -1.10. The molecule has 0 bridgehead atoms. The van der Waals surface area contributed by atoms with Gasteiger partial charge in [-0.1, -0.05) is 24.4 Å². The first-order chi connectivity index (χ1) is 10.2. The number of ketones is 1. The van der Waals surface area contributed by atoms with Gasteiger partial charge in [-0.2, -0.15) is 0 Å². The maximum absolute atomic E-state index is 12.4. The van der Waals surface area contributed by atoms with Gasteiger partial charge < -0.3 is 9.84 Å². The number of hydrogen-bond donors (Lipinski definition) is 1. The van der Waals surface area contributed by atoms with Gasteiger partial charge >= 0.3 is 0 Å². The highest BCUT2D eigenvalue weighted by Gasteiger charge is 2.24. The van der Waals surface area contributed by atoms with Crippen molar-refractivity contribution < 1.29 is 14.6 Å². The molecule has 1 aromatic rings. The van der Waals surface area contributed by atoms with Gasteiger partial charge in [-0.25, -0.2) is 0 Å². The summed E-state index contributed by atoms with van der Waals surface area (Å²) in [7, 11) is 1.55. The lowest BCUT2D eigenvalue weighted by atomic mass is 10.1. The van der Waals surface area contributed by atoms with Crippen molar-refractivity contribution >= 4 is 17.4 Å². The second-order valence-electron chi connectivity index (χ2n) is 5.40. The fraction of sp³-hybridized carbons (Fsp3) is 0.562. The monoisotopic (exact) mass is 311 g/mol. The third-order valence-electron chi connectivity index (χ3n) is 4.05. The van der Waals surface area contributed by atoms with E-state index in [4.69, 9.17) is 16.3 Å². The van der Waals surface area contributed by atoms with E-state index in [1.807, 2.05) is 0 Å². The highest BCUT2D eigenvalue weighted by molar-refractivity contribution is 6.32. The topological polar surface area (TPSA) is 49.8 Å². The molecule has 4 nitrogen and oxygen atoms in total. The van der Waals surface area contributed by atoms with Gasteiger partial charge in [0, 0.05) is 18.2 Å². The van der Waals surface area contributed by atoms with E-state index in [0.717, 1.165) is 12.8 Å². The number of hydrogen-bond acceptors (Lipinski definition) is 4. The zero-order valence-corrected chi connectivity index (χ0v) is 13.1. The average molecular weight is 312 g/mol. The predicted molar refractivity (Wildman–Crippen MR) is 83.2 cm³/mol. The normalized spacial score (nSPS) is 15.6. The van der Waals surface area contributed by atoms with Crippen LogP contribution in [0.5, 0.6) is 5.75 Å². The number of ether oxygens (including phenoxy) is 1. The van der Waals surface area contributed by atoms with Crippen LogP contribution in [0.25, 0.3) is 0 Å². The van der Waals surface area contributed by atoms with Crippen molar-refractivity contribution in [3.05, 3.63) is 28.8 Å². The van der Waals surface area contributed by atoms with E-state index in [1.165, 1.54) is 12.8 Å². The lowest BCUT2D eigenvalue weighted by molar-refractivity contribution is 0.0862. The van der Waals surface area contributed by atoms with Crippen LogP contribution in [0.4, 0.5) is 0 Å². The number of rotatable bonds is 7. The second kappa shape index (κ2) is 7.78. The molecule has 0 saturated heterocycles. The van der Waals surface area contributed by atoms with Crippen LogP contribution < -0.4 is 4.74 Å². The van der Waals surface area contributed by atoms with Crippen molar-refractivity contribution in [1.82, 2.24) is 4.90 Å². The Bertz CT molecular complexity index is 486. The van der Waals surface area contributed by atoms with Gasteiger partial charge in [0.25, 0.3) is 0 Å². The van der Waals surface area contributed by atoms with Gasteiger partial charge in [-0.3, -0.25) is 9.69 Å². The summed E-state index contributed by atoms with van der Waals surface area (Å²) in [5.74, 6) is 0.594. The summed E-state index contributed by atoms with van der Waals surface area (Å²) in [4.78, 5) is 14.5. The van der Waals surface area contributed by atoms with E-state index in [1.54, 1.807) is 25.3 Å². The van der Waals surface area contributed by atoms with E-state index in [9.17, 15) is 9.90 Å². The number of methoxy groups -OCH3 is 1. The third-order valence-corrected chi connectivity index (χ3v) is 4.34. The largest absolute Gasteiger partial charge is 0.495 e. The van der Waals surface area contributed by atoms with E-state index >= 15 is 0 Å². The number of halogens is 1. The lowest BCUT2D eigenvalue weighted by Gasteiger charge is -2.27. The standard InChI is InChI=1S/C16H22ClNO3/c1-21-16-7-6-12(10-14(16)17)15(20)11-18(8-9-19)13-4-2-3-5-13/h6-7,10,13,19H,2-5,8-9,11H2,1H3. The summed E-state index contributed by atoms with van der Waals surface area (Å²) in [5.41, 5.74) is 0.585. The highest BCUT2D eigenvalue weighted by Crippen LogP contribution is 2.26. The SMILES string of the molecule is COc1ccc(C(=O)CN(CCO)C2CCCC2)cc1Cl. The quantitative estimate of drug-likeness (QED) is 0.787. The Kier molecular flexibility index (Phi) is 6.03. The van der Waals surface area contributed by atoms with Gasteiger partial charge in [0.1, 0.15) is 5.75 Å². The van der Waals surface area contributed by atoms with Crippen LogP contribution in [0.1, 0.15) is 36.0 Å². The predicted octanol–water partition coefficient (Wildman–Crippen LogP) is 2.77. The molecule has 1 N–H and O–H groups in total. The maximum atomic E-state index is 12.4. The molecule has 0 aromatic heterocycles. The smallest absolute Gasteiger partial charge is 0.176 e. The minimum atomic E-state index is 0.0277. The van der Waals surface area contributed by atoms with Crippen LogP contribution in [0.15, 0.2) is 18.2 Å². The molecule has 1 aromatic carbocycles. The first-order valence-electron chi connectivity index (χ1n) is 7.37. The van der Waals surface area contributed by atoms with Crippen molar-refractivity contribution in [1.29, 1.82) is 0 Å².